The van der Waals surface area contributed by atoms with E-state index in [-0.39, 0.29) is 18.6 Å². The van der Waals surface area contributed by atoms with Gasteiger partial charge in [-0.25, -0.2) is 4.57 Å². The Kier molecular flexibility index (Phi) is 35.5. The van der Waals surface area contributed by atoms with Crippen LogP contribution >= 0.6 is 7.82 Å². The lowest BCUT2D eigenvalue weighted by molar-refractivity contribution is -0.220. The topological polar surface area (TPSA) is 227 Å². The second-order valence-corrected chi connectivity index (χ2v) is 18.0. The normalized spacial score (nSPS) is 22.0. The van der Waals surface area contributed by atoms with Crippen molar-refractivity contribution >= 4 is 25.5 Å². The molecule has 368 valence electrons. The number of allylic oxidation sites excluding steroid dienone is 10. The summed E-state index contributed by atoms with van der Waals surface area (Å²) in [6.45, 7) is 3.08. The Bertz CT molecular complexity index is 1410. The lowest BCUT2D eigenvalue weighted by atomic mass is 9.85. The van der Waals surface area contributed by atoms with Gasteiger partial charge in [0.2, 0.25) is 0 Å². The van der Waals surface area contributed by atoms with E-state index in [1.807, 2.05) is 36.5 Å². The van der Waals surface area contributed by atoms with Crippen molar-refractivity contribution in [3.63, 3.8) is 0 Å². The Morgan fingerprint density at radius 1 is 0.531 bits per heavy atom. The number of hydrogen-bond donors (Lipinski definition) is 6. The molecule has 64 heavy (non-hydrogen) atoms. The molecule has 1 fully saturated rings. The van der Waals surface area contributed by atoms with Gasteiger partial charge < -0.3 is 39.9 Å². The second-order valence-electron chi connectivity index (χ2n) is 16.6. The lowest BCUT2D eigenvalue weighted by Gasteiger charge is -2.41. The molecule has 1 aliphatic rings. The first kappa shape index (κ1) is 59.2. The fraction of sp³-hybridized carbons (Fsp3) is 0.735. The first-order valence-electron chi connectivity index (χ1n) is 24.0. The number of ether oxygens (including phenoxy) is 2. The van der Waals surface area contributed by atoms with Crippen molar-refractivity contribution in [1.82, 2.24) is 0 Å². The predicted molar refractivity (Wildman–Crippen MR) is 249 cm³/mol. The Hall–Kier alpha value is -2.78. The highest BCUT2D eigenvalue weighted by Crippen LogP contribution is 2.47. The van der Waals surface area contributed by atoms with Crippen molar-refractivity contribution in [3.8, 4) is 0 Å². The highest BCUT2D eigenvalue weighted by molar-refractivity contribution is 7.47. The summed E-state index contributed by atoms with van der Waals surface area (Å²) in [6, 6.07) is 0. The summed E-state index contributed by atoms with van der Waals surface area (Å²) in [5.74, 6) is -1.07. The van der Waals surface area contributed by atoms with Gasteiger partial charge in [0, 0.05) is 19.3 Å². The Morgan fingerprint density at radius 2 is 1.00 bits per heavy atom. The number of phosphoric acid groups is 1. The molecule has 0 saturated heterocycles. The number of hydrogen-bond acceptors (Lipinski definition) is 13. The van der Waals surface area contributed by atoms with E-state index in [9.17, 15) is 49.4 Å². The van der Waals surface area contributed by atoms with Gasteiger partial charge in [0.15, 0.2) is 11.9 Å². The summed E-state index contributed by atoms with van der Waals surface area (Å²) < 4.78 is 33.5. The summed E-state index contributed by atoms with van der Waals surface area (Å²) in [4.78, 5) is 47.5. The fourth-order valence-electron chi connectivity index (χ4n) is 6.88. The van der Waals surface area contributed by atoms with Crippen LogP contribution in [0.2, 0.25) is 0 Å². The van der Waals surface area contributed by atoms with Crippen molar-refractivity contribution in [2.45, 2.75) is 217 Å². The minimum Gasteiger partial charge on any atom is -0.462 e. The lowest BCUT2D eigenvalue weighted by Crippen LogP contribution is -2.64. The van der Waals surface area contributed by atoms with E-state index in [1.165, 1.54) is 57.8 Å². The zero-order valence-electron chi connectivity index (χ0n) is 38.8. The third-order valence-electron chi connectivity index (χ3n) is 10.8. The van der Waals surface area contributed by atoms with Crippen LogP contribution in [0.3, 0.4) is 0 Å². The highest BCUT2D eigenvalue weighted by Gasteiger charge is 2.51. The molecule has 14 nitrogen and oxygen atoms in total. The maximum Gasteiger partial charge on any atom is 0.472 e. The molecule has 0 aromatic rings. The van der Waals surface area contributed by atoms with Crippen molar-refractivity contribution in [2.75, 3.05) is 13.2 Å². The monoisotopic (exact) mass is 927 g/mol. The maximum absolute atomic E-state index is 12.8. The van der Waals surface area contributed by atoms with Crippen LogP contribution in [0.25, 0.3) is 0 Å². The van der Waals surface area contributed by atoms with E-state index in [1.54, 1.807) is 12.2 Å². The van der Waals surface area contributed by atoms with Crippen molar-refractivity contribution in [3.05, 3.63) is 60.8 Å². The Balaban J connectivity index is 2.51. The van der Waals surface area contributed by atoms with Crippen molar-refractivity contribution < 1.29 is 67.9 Å². The van der Waals surface area contributed by atoms with E-state index in [2.05, 4.69) is 26.0 Å². The molecule has 1 rings (SSSR count). The zero-order valence-corrected chi connectivity index (χ0v) is 39.7. The molecule has 15 heteroatoms. The number of unbranched alkanes of at least 4 members (excludes halogenated alkanes) is 16. The van der Waals surface area contributed by atoms with Crippen LogP contribution in [0.15, 0.2) is 60.8 Å². The molecule has 0 aromatic heterocycles. The van der Waals surface area contributed by atoms with Crippen LogP contribution in [0, 0.1) is 0 Å². The molecule has 0 spiro atoms. The summed E-state index contributed by atoms with van der Waals surface area (Å²) in [6.07, 6.45) is 29.7. The van der Waals surface area contributed by atoms with E-state index >= 15 is 0 Å². The molecular weight excluding hydrogens is 843 g/mol. The van der Waals surface area contributed by atoms with Crippen LogP contribution < -0.4 is 0 Å². The highest BCUT2D eigenvalue weighted by atomic mass is 31.2. The van der Waals surface area contributed by atoms with Gasteiger partial charge in [-0.3, -0.25) is 23.4 Å². The minimum absolute atomic E-state index is 0.00809. The molecule has 0 amide bonds. The quantitative estimate of drug-likeness (QED) is 0.00846. The second kappa shape index (κ2) is 38.3. The summed E-state index contributed by atoms with van der Waals surface area (Å²) in [5, 5.41) is 50.2. The first-order valence-corrected chi connectivity index (χ1v) is 25.5. The molecule has 3 unspecified atom stereocenters. The summed E-state index contributed by atoms with van der Waals surface area (Å²) in [7, 11) is -5.15. The van der Waals surface area contributed by atoms with Crippen molar-refractivity contribution in [2.24, 2.45) is 0 Å². The van der Waals surface area contributed by atoms with E-state index < -0.39 is 75.7 Å². The van der Waals surface area contributed by atoms with E-state index in [0.29, 0.717) is 32.1 Å². The number of aliphatic hydroxyl groups is 5. The molecular formula is C49H83O14P. The molecule has 0 aliphatic heterocycles. The SMILES string of the molecule is CCCCCCCC/C=C\CCCCCCCCCC(=O)OC[C@H](COP(=O)(O)OC1[C@H](O)[C@H](O)C(O)[C@H](O)[C@H]1O)OC(=O)CCC/C=C\C/C=C\C/C=C\C=C\C(=O)CCCCC. The molecule has 1 aliphatic carbocycles. The maximum atomic E-state index is 12.8. The van der Waals surface area contributed by atoms with Gasteiger partial charge in [-0.1, -0.05) is 146 Å². The third kappa shape index (κ3) is 30.4. The van der Waals surface area contributed by atoms with Crippen LogP contribution in [0.4, 0.5) is 0 Å². The number of carbonyl (C=O) groups excluding carboxylic acids is 3. The van der Waals surface area contributed by atoms with E-state index in [4.69, 9.17) is 18.5 Å². The largest absolute Gasteiger partial charge is 0.472 e. The number of carbonyl (C=O) groups is 3. The smallest absolute Gasteiger partial charge is 0.462 e. The fourth-order valence-corrected chi connectivity index (χ4v) is 7.85. The van der Waals surface area contributed by atoms with Crippen LogP contribution in [0.5, 0.6) is 0 Å². The first-order chi connectivity index (χ1) is 30.8. The summed E-state index contributed by atoms with van der Waals surface area (Å²) in [5.41, 5.74) is 0. The summed E-state index contributed by atoms with van der Waals surface area (Å²) >= 11 is 0. The molecule has 0 heterocycles. The van der Waals surface area contributed by atoms with Gasteiger partial charge >= 0.3 is 19.8 Å². The molecule has 8 atom stereocenters. The number of ketones is 1. The van der Waals surface area contributed by atoms with Gasteiger partial charge in [0.25, 0.3) is 0 Å². The average Bonchev–Trinajstić information content (AvgIpc) is 3.27. The molecule has 0 aromatic carbocycles. The van der Waals surface area contributed by atoms with Gasteiger partial charge in [-0.15, -0.1) is 0 Å². The number of rotatable bonds is 39. The average molecular weight is 927 g/mol. The molecule has 6 N–H and O–H groups in total. The third-order valence-corrected chi connectivity index (χ3v) is 11.8. The van der Waals surface area contributed by atoms with Gasteiger partial charge in [-0.05, 0) is 70.3 Å². The van der Waals surface area contributed by atoms with Gasteiger partial charge in [0.05, 0.1) is 6.61 Å². The minimum atomic E-state index is -5.15. The molecule has 0 radical (unpaired) electrons. The van der Waals surface area contributed by atoms with Crippen LogP contribution in [-0.4, -0.2) is 104 Å². The van der Waals surface area contributed by atoms with Crippen LogP contribution in [0.1, 0.15) is 174 Å². The Morgan fingerprint density at radius 3 is 1.62 bits per heavy atom. The standard InChI is InChI=1S/C49H83O14P/c1-3-5-7-8-9-10-11-12-13-14-15-16-19-22-25-28-32-36-42(51)60-38-41(39-61-64(58,59)63-49-47(56)45(54)44(53)46(55)48(49)57)62-43(52)37-33-29-26-23-20-17-18-21-24-27-31-35-40(50)34-30-6-4-2/h12-13,17-18,23-24,26-27,31,35,41,44-49,53-57H,3-11,14-16,19-22,25,28-30,32-34,36-39H2,1-2H3,(H,58,59)/b13-12-,18-17-,26-23-,27-24-,35-31+/t41-,44?,45-,46+,47-,48-,49?/m1/s1. The van der Waals surface area contributed by atoms with Gasteiger partial charge in [-0.2, -0.15) is 0 Å². The van der Waals surface area contributed by atoms with Gasteiger partial charge in [0.1, 0.15) is 43.2 Å². The number of aliphatic hydroxyl groups excluding tert-OH is 5. The molecule has 0 bridgehead atoms. The number of esters is 2. The Labute approximate surface area is 383 Å². The van der Waals surface area contributed by atoms with Crippen LogP contribution in [-0.2, 0) is 37.5 Å². The predicted octanol–water partition coefficient (Wildman–Crippen LogP) is 8.90. The van der Waals surface area contributed by atoms with E-state index in [0.717, 1.165) is 57.8 Å². The zero-order chi connectivity index (χ0) is 47.3. The van der Waals surface area contributed by atoms with Crippen molar-refractivity contribution in [1.29, 1.82) is 0 Å². The molecule has 1 saturated carbocycles. The number of phosphoric ester groups is 1.